The molecular formula is C20H22ClFN2O2. The first-order valence-electron chi connectivity index (χ1n) is 8.28. The van der Waals surface area contributed by atoms with E-state index in [9.17, 15) is 9.18 Å². The maximum Gasteiger partial charge on any atom is 0.338 e. The first kappa shape index (κ1) is 19.9. The molecule has 0 saturated carbocycles. The van der Waals surface area contributed by atoms with E-state index in [0.29, 0.717) is 10.6 Å². The van der Waals surface area contributed by atoms with E-state index in [-0.39, 0.29) is 12.2 Å². The summed E-state index contributed by atoms with van der Waals surface area (Å²) in [6.07, 6.45) is 1.75. The van der Waals surface area contributed by atoms with E-state index in [1.807, 2.05) is 38.8 Å². The maximum atomic E-state index is 13.8. The van der Waals surface area contributed by atoms with Crippen molar-refractivity contribution in [2.75, 3.05) is 13.6 Å². The molecule has 4 nitrogen and oxygen atoms in total. The van der Waals surface area contributed by atoms with Crippen LogP contribution >= 0.6 is 11.6 Å². The predicted octanol–water partition coefficient (Wildman–Crippen LogP) is 5.06. The standard InChI is InChI=1S/C20H22ClFN2O2/c1-5-24(4)12-23-19-9-13(2)17(8-14(19)3)20(25)26-11-15-6-7-16(21)10-18(15)22/h6-10,12H,5,11H2,1-4H3. The Morgan fingerprint density at radius 3 is 2.65 bits per heavy atom. The van der Waals surface area contributed by atoms with E-state index >= 15 is 0 Å². The molecule has 0 saturated heterocycles. The SMILES string of the molecule is CCN(C)C=Nc1cc(C)c(C(=O)OCc2ccc(Cl)cc2F)cc1C. The molecule has 0 heterocycles. The number of aryl methyl sites for hydroxylation is 2. The normalized spacial score (nSPS) is 11.0. The van der Waals surface area contributed by atoms with Gasteiger partial charge in [-0.2, -0.15) is 0 Å². The third kappa shape index (κ3) is 5.05. The second kappa shape index (κ2) is 8.81. The molecular weight excluding hydrogens is 355 g/mol. The molecule has 26 heavy (non-hydrogen) atoms. The third-order valence-electron chi connectivity index (χ3n) is 4.03. The molecule has 0 N–H and O–H groups in total. The quantitative estimate of drug-likeness (QED) is 0.402. The molecule has 0 amide bonds. The Hall–Kier alpha value is -2.40. The van der Waals surface area contributed by atoms with Gasteiger partial charge in [0.25, 0.3) is 0 Å². The largest absolute Gasteiger partial charge is 0.457 e. The van der Waals surface area contributed by atoms with Crippen LogP contribution in [0.1, 0.15) is 34.0 Å². The second-order valence-electron chi connectivity index (χ2n) is 6.08. The summed E-state index contributed by atoms with van der Waals surface area (Å²) in [6, 6.07) is 7.85. The first-order valence-corrected chi connectivity index (χ1v) is 8.66. The summed E-state index contributed by atoms with van der Waals surface area (Å²) in [7, 11) is 1.94. The minimum atomic E-state index is -0.499. The van der Waals surface area contributed by atoms with Crippen molar-refractivity contribution in [1.29, 1.82) is 0 Å². The second-order valence-corrected chi connectivity index (χ2v) is 6.52. The lowest BCUT2D eigenvalue weighted by Crippen LogP contribution is -2.14. The molecule has 0 fully saturated rings. The van der Waals surface area contributed by atoms with Gasteiger partial charge < -0.3 is 9.64 Å². The van der Waals surface area contributed by atoms with E-state index in [2.05, 4.69) is 4.99 Å². The summed E-state index contributed by atoms with van der Waals surface area (Å²) in [5.41, 5.74) is 3.13. The zero-order valence-electron chi connectivity index (χ0n) is 15.3. The number of rotatable bonds is 6. The lowest BCUT2D eigenvalue weighted by atomic mass is 10.0. The van der Waals surface area contributed by atoms with Crippen LogP contribution in [0.25, 0.3) is 0 Å². The Bertz CT molecular complexity index is 837. The van der Waals surface area contributed by atoms with Crippen LogP contribution in [0.3, 0.4) is 0 Å². The van der Waals surface area contributed by atoms with Crippen LogP contribution in [0.5, 0.6) is 0 Å². The summed E-state index contributed by atoms with van der Waals surface area (Å²) in [5.74, 6) is -0.996. The van der Waals surface area contributed by atoms with Crippen molar-refractivity contribution in [3.63, 3.8) is 0 Å². The summed E-state index contributed by atoms with van der Waals surface area (Å²) in [4.78, 5) is 18.8. The Morgan fingerprint density at radius 1 is 1.27 bits per heavy atom. The molecule has 0 aliphatic heterocycles. The number of ether oxygens (including phenoxy) is 1. The molecule has 0 atom stereocenters. The lowest BCUT2D eigenvalue weighted by Gasteiger charge is -2.12. The van der Waals surface area contributed by atoms with Gasteiger partial charge in [0.05, 0.1) is 17.6 Å². The molecule has 6 heteroatoms. The van der Waals surface area contributed by atoms with Crippen LogP contribution in [0.4, 0.5) is 10.1 Å². The summed E-state index contributed by atoms with van der Waals surface area (Å²) < 4.78 is 19.0. The highest BCUT2D eigenvalue weighted by Crippen LogP contribution is 2.24. The molecule has 2 aromatic rings. The molecule has 0 unspecified atom stereocenters. The number of nitrogens with zero attached hydrogens (tertiary/aromatic N) is 2. The van der Waals surface area contributed by atoms with Gasteiger partial charge in [-0.25, -0.2) is 14.2 Å². The number of hydrogen-bond acceptors (Lipinski definition) is 3. The average Bonchev–Trinajstić information content (AvgIpc) is 2.60. The molecule has 2 aromatic carbocycles. The Kier molecular flexibility index (Phi) is 6.75. The highest BCUT2D eigenvalue weighted by molar-refractivity contribution is 6.30. The van der Waals surface area contributed by atoms with Crippen LogP contribution in [-0.2, 0) is 11.3 Å². The topological polar surface area (TPSA) is 41.9 Å². The fourth-order valence-electron chi connectivity index (χ4n) is 2.26. The fraction of sp³-hybridized carbons (Fsp3) is 0.300. The monoisotopic (exact) mass is 376 g/mol. The Balaban J connectivity index is 2.13. The predicted molar refractivity (Wildman–Crippen MR) is 103 cm³/mol. The number of aliphatic imine (C=N–C) groups is 1. The van der Waals surface area contributed by atoms with Gasteiger partial charge in [-0.05, 0) is 56.2 Å². The average molecular weight is 377 g/mol. The van der Waals surface area contributed by atoms with Gasteiger partial charge in [0.1, 0.15) is 12.4 Å². The Morgan fingerprint density at radius 2 is 2.00 bits per heavy atom. The van der Waals surface area contributed by atoms with Crippen LogP contribution in [0.15, 0.2) is 35.3 Å². The highest BCUT2D eigenvalue weighted by atomic mass is 35.5. The zero-order chi connectivity index (χ0) is 19.3. The van der Waals surface area contributed by atoms with E-state index < -0.39 is 11.8 Å². The number of benzene rings is 2. The highest BCUT2D eigenvalue weighted by Gasteiger charge is 2.14. The van der Waals surface area contributed by atoms with Crippen molar-refractivity contribution in [3.05, 3.63) is 63.4 Å². The van der Waals surface area contributed by atoms with Gasteiger partial charge in [-0.3, -0.25) is 0 Å². The molecule has 2 rings (SSSR count). The van der Waals surface area contributed by atoms with Gasteiger partial charge in [0.2, 0.25) is 0 Å². The van der Waals surface area contributed by atoms with Gasteiger partial charge in [-0.1, -0.05) is 17.7 Å². The van der Waals surface area contributed by atoms with Gasteiger partial charge in [0.15, 0.2) is 0 Å². The van der Waals surface area contributed by atoms with Crippen molar-refractivity contribution in [1.82, 2.24) is 4.90 Å². The number of hydrogen-bond donors (Lipinski definition) is 0. The van der Waals surface area contributed by atoms with Crippen LogP contribution in [0.2, 0.25) is 5.02 Å². The zero-order valence-corrected chi connectivity index (χ0v) is 16.1. The smallest absolute Gasteiger partial charge is 0.338 e. The number of carbonyl (C=O) groups is 1. The molecule has 0 radical (unpaired) electrons. The van der Waals surface area contributed by atoms with E-state index in [4.69, 9.17) is 16.3 Å². The number of halogens is 2. The van der Waals surface area contributed by atoms with Crippen LogP contribution in [0, 0.1) is 19.7 Å². The summed E-state index contributed by atoms with van der Waals surface area (Å²) >= 11 is 5.72. The van der Waals surface area contributed by atoms with Gasteiger partial charge >= 0.3 is 5.97 Å². The minimum Gasteiger partial charge on any atom is -0.457 e. The van der Waals surface area contributed by atoms with Crippen LogP contribution < -0.4 is 0 Å². The molecule has 0 bridgehead atoms. The molecule has 0 aliphatic carbocycles. The molecule has 0 aliphatic rings. The first-order chi connectivity index (χ1) is 12.3. The van der Waals surface area contributed by atoms with Gasteiger partial charge in [-0.15, -0.1) is 0 Å². The van der Waals surface area contributed by atoms with Crippen molar-refractivity contribution in [2.24, 2.45) is 4.99 Å². The van der Waals surface area contributed by atoms with Gasteiger partial charge in [0, 0.05) is 24.2 Å². The summed E-state index contributed by atoms with van der Waals surface area (Å²) in [5, 5.41) is 0.300. The van der Waals surface area contributed by atoms with E-state index in [0.717, 1.165) is 23.4 Å². The maximum absolute atomic E-state index is 13.8. The lowest BCUT2D eigenvalue weighted by molar-refractivity contribution is 0.0468. The molecule has 0 spiro atoms. The third-order valence-corrected chi connectivity index (χ3v) is 4.26. The van der Waals surface area contributed by atoms with Crippen LogP contribution in [-0.4, -0.2) is 30.8 Å². The summed E-state index contributed by atoms with van der Waals surface area (Å²) in [6.45, 7) is 6.44. The van der Waals surface area contributed by atoms with Crippen molar-refractivity contribution in [2.45, 2.75) is 27.4 Å². The Labute approximate surface area is 158 Å². The van der Waals surface area contributed by atoms with E-state index in [1.54, 1.807) is 18.5 Å². The number of esters is 1. The van der Waals surface area contributed by atoms with Crippen molar-refractivity contribution >= 4 is 29.6 Å². The minimum absolute atomic E-state index is 0.151. The molecule has 138 valence electrons. The molecule has 0 aromatic heterocycles. The van der Waals surface area contributed by atoms with E-state index in [1.165, 1.54) is 12.1 Å². The van der Waals surface area contributed by atoms with Crippen molar-refractivity contribution < 1.29 is 13.9 Å². The van der Waals surface area contributed by atoms with Crippen molar-refractivity contribution in [3.8, 4) is 0 Å². The fourth-order valence-corrected chi connectivity index (χ4v) is 2.42. The number of carbonyl (C=O) groups excluding carboxylic acids is 1.